The van der Waals surface area contributed by atoms with Crippen molar-refractivity contribution < 1.29 is 4.74 Å². The van der Waals surface area contributed by atoms with Gasteiger partial charge in [0.25, 0.3) is 0 Å². The zero-order valence-corrected chi connectivity index (χ0v) is 11.1. The van der Waals surface area contributed by atoms with E-state index in [1.54, 1.807) is 0 Å². The van der Waals surface area contributed by atoms with Crippen molar-refractivity contribution in [2.24, 2.45) is 0 Å². The second kappa shape index (κ2) is 7.17. The van der Waals surface area contributed by atoms with Crippen molar-refractivity contribution >= 4 is 0 Å². The van der Waals surface area contributed by atoms with Crippen LogP contribution in [0.3, 0.4) is 0 Å². The zero-order valence-electron chi connectivity index (χ0n) is 11.1. The average molecular weight is 246 g/mol. The average Bonchev–Trinajstić information content (AvgIpc) is 2.45. The minimum Gasteiger partial charge on any atom is -0.501 e. The molecule has 0 saturated carbocycles. The predicted octanol–water partition coefficient (Wildman–Crippen LogP) is 2.69. The summed E-state index contributed by atoms with van der Waals surface area (Å²) in [5.41, 5.74) is 2.72. The molecule has 1 atom stereocenters. The van der Waals surface area contributed by atoms with Crippen molar-refractivity contribution in [1.29, 1.82) is 0 Å². The van der Waals surface area contributed by atoms with E-state index in [9.17, 15) is 0 Å². The number of hydrogen-bond acceptors (Lipinski definition) is 3. The van der Waals surface area contributed by atoms with Crippen molar-refractivity contribution in [3.05, 3.63) is 41.9 Å². The monoisotopic (exact) mass is 246 g/mol. The molecular formula is C15H22N2O. The summed E-state index contributed by atoms with van der Waals surface area (Å²) in [6.07, 6.45) is 10.1. The van der Waals surface area contributed by atoms with Crippen LogP contribution in [0.4, 0.5) is 0 Å². The van der Waals surface area contributed by atoms with E-state index in [0.717, 1.165) is 38.8 Å². The minimum atomic E-state index is 0.396. The molecule has 1 aliphatic heterocycles. The first-order valence-corrected chi connectivity index (χ1v) is 6.83. The summed E-state index contributed by atoms with van der Waals surface area (Å²) in [6, 6.07) is 4.57. The van der Waals surface area contributed by atoms with Crippen LogP contribution in [0.25, 0.3) is 0 Å². The van der Waals surface area contributed by atoms with Gasteiger partial charge in [-0.25, -0.2) is 0 Å². The lowest BCUT2D eigenvalue weighted by atomic mass is 9.96. The van der Waals surface area contributed by atoms with Crippen LogP contribution in [0.2, 0.25) is 0 Å². The van der Waals surface area contributed by atoms with Gasteiger partial charge in [0.05, 0.1) is 12.9 Å². The topological polar surface area (TPSA) is 34.2 Å². The Kier molecular flexibility index (Phi) is 5.21. The first kappa shape index (κ1) is 13.1. The maximum atomic E-state index is 5.47. The van der Waals surface area contributed by atoms with Gasteiger partial charge in [0.1, 0.15) is 0 Å². The quantitative estimate of drug-likeness (QED) is 0.838. The van der Waals surface area contributed by atoms with Crippen LogP contribution in [-0.4, -0.2) is 24.2 Å². The maximum Gasteiger partial charge on any atom is 0.0876 e. The first-order valence-electron chi connectivity index (χ1n) is 6.83. The van der Waals surface area contributed by atoms with E-state index in [2.05, 4.69) is 29.4 Å². The van der Waals surface area contributed by atoms with Gasteiger partial charge in [-0.15, -0.1) is 0 Å². The molecule has 1 aromatic heterocycles. The molecule has 18 heavy (non-hydrogen) atoms. The number of nitrogens with zero attached hydrogens (tertiary/aromatic N) is 1. The minimum absolute atomic E-state index is 0.396. The summed E-state index contributed by atoms with van der Waals surface area (Å²) < 4.78 is 5.47. The third-order valence-electron chi connectivity index (χ3n) is 3.24. The summed E-state index contributed by atoms with van der Waals surface area (Å²) >= 11 is 0. The van der Waals surface area contributed by atoms with E-state index in [0.29, 0.717) is 6.04 Å². The molecule has 1 N–H and O–H groups in total. The van der Waals surface area contributed by atoms with E-state index in [-0.39, 0.29) is 0 Å². The fraction of sp³-hybridized carbons (Fsp3) is 0.533. The molecule has 0 amide bonds. The van der Waals surface area contributed by atoms with Gasteiger partial charge in [-0.05, 0) is 55.5 Å². The molecule has 1 aliphatic rings. The number of ether oxygens (including phenoxy) is 1. The number of pyridine rings is 1. The van der Waals surface area contributed by atoms with Crippen LogP contribution >= 0.6 is 0 Å². The molecular weight excluding hydrogens is 224 g/mol. The molecule has 1 unspecified atom stereocenters. The van der Waals surface area contributed by atoms with E-state index < -0.39 is 0 Å². The van der Waals surface area contributed by atoms with E-state index in [4.69, 9.17) is 4.74 Å². The number of nitrogens with one attached hydrogen (secondary N) is 1. The van der Waals surface area contributed by atoms with E-state index in [1.165, 1.54) is 11.1 Å². The molecule has 3 nitrogen and oxygen atoms in total. The lowest BCUT2D eigenvalue weighted by Gasteiger charge is -2.24. The number of aromatic nitrogens is 1. The molecule has 0 aromatic carbocycles. The summed E-state index contributed by atoms with van der Waals surface area (Å²) in [4.78, 5) is 4.07. The predicted molar refractivity (Wildman–Crippen MR) is 73.3 cm³/mol. The van der Waals surface area contributed by atoms with E-state index >= 15 is 0 Å². The molecule has 1 aromatic rings. The highest BCUT2D eigenvalue weighted by atomic mass is 16.5. The number of rotatable bonds is 6. The fourth-order valence-electron chi connectivity index (χ4n) is 2.25. The molecule has 0 spiro atoms. The molecule has 0 fully saturated rings. The second-order valence-electron chi connectivity index (χ2n) is 4.73. The van der Waals surface area contributed by atoms with Crippen LogP contribution in [0.5, 0.6) is 0 Å². The Hall–Kier alpha value is -1.35. The van der Waals surface area contributed by atoms with Crippen LogP contribution < -0.4 is 5.32 Å². The molecule has 0 bridgehead atoms. The highest BCUT2D eigenvalue weighted by Gasteiger charge is 2.16. The van der Waals surface area contributed by atoms with Crippen molar-refractivity contribution in [2.45, 2.75) is 38.6 Å². The molecule has 2 rings (SSSR count). The fourth-order valence-corrected chi connectivity index (χ4v) is 2.25. The summed E-state index contributed by atoms with van der Waals surface area (Å²) in [6.45, 7) is 4.11. The third-order valence-corrected chi connectivity index (χ3v) is 3.24. The summed E-state index contributed by atoms with van der Waals surface area (Å²) in [5.74, 6) is 0. The van der Waals surface area contributed by atoms with Gasteiger partial charge in [0.2, 0.25) is 0 Å². The summed E-state index contributed by atoms with van der Waals surface area (Å²) in [7, 11) is 0. The Morgan fingerprint density at radius 2 is 2.22 bits per heavy atom. The molecule has 0 saturated heterocycles. The van der Waals surface area contributed by atoms with Crippen LogP contribution in [0.1, 0.15) is 31.7 Å². The van der Waals surface area contributed by atoms with Gasteiger partial charge in [-0.1, -0.05) is 6.92 Å². The Bertz CT molecular complexity index is 375. The van der Waals surface area contributed by atoms with Crippen LogP contribution in [0, 0.1) is 0 Å². The molecule has 0 radical (unpaired) electrons. The van der Waals surface area contributed by atoms with Crippen LogP contribution in [-0.2, 0) is 11.2 Å². The first-order chi connectivity index (χ1) is 8.90. The molecule has 2 heterocycles. The summed E-state index contributed by atoms with van der Waals surface area (Å²) in [5, 5.41) is 3.62. The van der Waals surface area contributed by atoms with Gasteiger partial charge >= 0.3 is 0 Å². The van der Waals surface area contributed by atoms with Crippen molar-refractivity contribution in [2.75, 3.05) is 13.2 Å². The van der Waals surface area contributed by atoms with Gasteiger partial charge in [-0.2, -0.15) is 0 Å². The highest BCUT2D eigenvalue weighted by Crippen LogP contribution is 2.18. The van der Waals surface area contributed by atoms with Gasteiger partial charge < -0.3 is 10.1 Å². The highest BCUT2D eigenvalue weighted by molar-refractivity contribution is 5.18. The normalized spacial score (nSPS) is 16.8. The van der Waals surface area contributed by atoms with Crippen LogP contribution in [0.15, 0.2) is 36.4 Å². The zero-order chi connectivity index (χ0) is 12.6. The molecule has 3 heteroatoms. The SMILES string of the molecule is CCCNC(Cc1ccncc1)C1=COCCC1. The lowest BCUT2D eigenvalue weighted by Crippen LogP contribution is -2.34. The number of hydrogen-bond donors (Lipinski definition) is 1. The van der Waals surface area contributed by atoms with Gasteiger partial charge in [-0.3, -0.25) is 4.98 Å². The van der Waals surface area contributed by atoms with Crippen molar-refractivity contribution in [1.82, 2.24) is 10.3 Å². The Morgan fingerprint density at radius 1 is 1.39 bits per heavy atom. The van der Waals surface area contributed by atoms with Gasteiger partial charge in [0.15, 0.2) is 0 Å². The maximum absolute atomic E-state index is 5.47. The Balaban J connectivity index is 2.02. The molecule has 98 valence electrons. The molecule has 0 aliphatic carbocycles. The standard InChI is InChI=1S/C15H22N2O/c1-2-7-17-15(14-4-3-10-18-12-14)11-13-5-8-16-9-6-13/h5-6,8-9,12,15,17H,2-4,7,10-11H2,1H3. The van der Waals surface area contributed by atoms with Crippen molar-refractivity contribution in [3.63, 3.8) is 0 Å². The second-order valence-corrected chi connectivity index (χ2v) is 4.73. The lowest BCUT2D eigenvalue weighted by molar-refractivity contribution is 0.219. The van der Waals surface area contributed by atoms with E-state index in [1.807, 2.05) is 18.7 Å². The largest absolute Gasteiger partial charge is 0.501 e. The Labute approximate surface area is 109 Å². The Morgan fingerprint density at radius 3 is 2.89 bits per heavy atom. The van der Waals surface area contributed by atoms with Crippen molar-refractivity contribution in [3.8, 4) is 0 Å². The van der Waals surface area contributed by atoms with Gasteiger partial charge in [0, 0.05) is 18.4 Å². The smallest absolute Gasteiger partial charge is 0.0876 e. The third kappa shape index (κ3) is 3.84.